The molecule has 0 radical (unpaired) electrons. The monoisotopic (exact) mass is 359 g/mol. The topological polar surface area (TPSA) is 108 Å². The number of nitro benzene ring substituents is 1. The number of methoxy groups -OCH3 is 2. The van der Waals surface area contributed by atoms with Gasteiger partial charge in [0.1, 0.15) is 5.56 Å². The zero-order chi connectivity index (χ0) is 17.1. The molecule has 1 heterocycles. The second kappa shape index (κ2) is 8.16. The van der Waals surface area contributed by atoms with Crippen molar-refractivity contribution in [2.24, 2.45) is 11.7 Å². The number of carbonyl (C=O) groups is 1. The third kappa shape index (κ3) is 3.88. The molecule has 134 valence electrons. The Morgan fingerprint density at radius 1 is 1.38 bits per heavy atom. The first-order chi connectivity index (χ1) is 10.9. The van der Waals surface area contributed by atoms with Crippen LogP contribution in [0, 0.1) is 16.0 Å². The molecule has 1 aliphatic rings. The van der Waals surface area contributed by atoms with Crippen LogP contribution in [0.3, 0.4) is 0 Å². The molecule has 0 aromatic heterocycles. The standard InChI is InChI=1S/C15H21N3O5.ClH/c1-9(16)10-4-5-17(8-10)15(19)11-6-13(22-2)14(23-3)7-12(11)18(20)21;/h6-7,9-10H,4-5,8,16H2,1-3H3;1H. The zero-order valence-corrected chi connectivity index (χ0v) is 14.7. The predicted octanol–water partition coefficient (Wildman–Crippen LogP) is 1.84. The highest BCUT2D eigenvalue weighted by atomic mass is 35.5. The lowest BCUT2D eigenvalue weighted by Gasteiger charge is -2.19. The lowest BCUT2D eigenvalue weighted by Crippen LogP contribution is -2.33. The van der Waals surface area contributed by atoms with Crippen LogP contribution in [0.1, 0.15) is 23.7 Å². The van der Waals surface area contributed by atoms with Gasteiger partial charge in [-0.1, -0.05) is 0 Å². The van der Waals surface area contributed by atoms with Crippen molar-refractivity contribution >= 4 is 24.0 Å². The van der Waals surface area contributed by atoms with E-state index in [0.717, 1.165) is 6.42 Å². The number of benzene rings is 1. The molecule has 0 aliphatic carbocycles. The van der Waals surface area contributed by atoms with Gasteiger partial charge >= 0.3 is 0 Å². The smallest absolute Gasteiger partial charge is 0.286 e. The molecule has 2 N–H and O–H groups in total. The maximum atomic E-state index is 12.7. The molecule has 1 aromatic carbocycles. The number of nitrogens with zero attached hydrogens (tertiary/aromatic N) is 2. The SMILES string of the molecule is COc1cc(C(=O)N2CCC(C(C)N)C2)c([N+](=O)[O-])cc1OC.Cl. The van der Waals surface area contributed by atoms with Crippen molar-refractivity contribution in [2.45, 2.75) is 19.4 Å². The Bertz CT molecular complexity index is 623. The van der Waals surface area contributed by atoms with E-state index in [1.807, 2.05) is 6.92 Å². The first-order valence-electron chi connectivity index (χ1n) is 7.34. The van der Waals surface area contributed by atoms with E-state index in [9.17, 15) is 14.9 Å². The molecule has 9 heteroatoms. The highest BCUT2D eigenvalue weighted by Gasteiger charge is 2.33. The average molecular weight is 360 g/mol. The third-order valence-electron chi connectivity index (χ3n) is 4.18. The number of nitro groups is 1. The van der Waals surface area contributed by atoms with Crippen LogP contribution < -0.4 is 15.2 Å². The fraction of sp³-hybridized carbons (Fsp3) is 0.533. The maximum absolute atomic E-state index is 12.7. The fourth-order valence-electron chi connectivity index (χ4n) is 2.76. The number of likely N-dealkylation sites (tertiary alicyclic amines) is 1. The Morgan fingerprint density at radius 3 is 2.42 bits per heavy atom. The number of ether oxygens (including phenoxy) is 2. The summed E-state index contributed by atoms with van der Waals surface area (Å²) in [5, 5.41) is 11.3. The van der Waals surface area contributed by atoms with Gasteiger partial charge in [-0.25, -0.2) is 0 Å². The average Bonchev–Trinajstić information content (AvgIpc) is 3.02. The van der Waals surface area contributed by atoms with Gasteiger partial charge in [-0.15, -0.1) is 12.4 Å². The number of hydrogen-bond acceptors (Lipinski definition) is 6. The van der Waals surface area contributed by atoms with Crippen molar-refractivity contribution in [2.75, 3.05) is 27.3 Å². The Morgan fingerprint density at radius 2 is 1.96 bits per heavy atom. The van der Waals surface area contributed by atoms with Gasteiger partial charge in [0.15, 0.2) is 11.5 Å². The first-order valence-corrected chi connectivity index (χ1v) is 7.34. The van der Waals surface area contributed by atoms with Gasteiger partial charge in [-0.05, 0) is 19.3 Å². The molecule has 1 amide bonds. The summed E-state index contributed by atoms with van der Waals surface area (Å²) in [5.41, 5.74) is 5.58. The molecule has 24 heavy (non-hydrogen) atoms. The van der Waals surface area contributed by atoms with E-state index in [1.165, 1.54) is 26.4 Å². The minimum atomic E-state index is -0.589. The number of rotatable bonds is 5. The molecule has 8 nitrogen and oxygen atoms in total. The van der Waals surface area contributed by atoms with E-state index in [4.69, 9.17) is 15.2 Å². The summed E-state index contributed by atoms with van der Waals surface area (Å²) >= 11 is 0. The molecule has 1 aliphatic heterocycles. The predicted molar refractivity (Wildman–Crippen MR) is 91.1 cm³/mol. The van der Waals surface area contributed by atoms with Crippen molar-refractivity contribution in [3.8, 4) is 11.5 Å². The van der Waals surface area contributed by atoms with Crippen LogP contribution in [0.15, 0.2) is 12.1 Å². The van der Waals surface area contributed by atoms with Gasteiger partial charge in [-0.2, -0.15) is 0 Å². The lowest BCUT2D eigenvalue weighted by molar-refractivity contribution is -0.385. The molecule has 1 saturated heterocycles. The Hall–Kier alpha value is -2.06. The van der Waals surface area contributed by atoms with Crippen molar-refractivity contribution < 1.29 is 19.2 Å². The highest BCUT2D eigenvalue weighted by molar-refractivity contribution is 5.99. The van der Waals surface area contributed by atoms with Crippen molar-refractivity contribution in [3.05, 3.63) is 27.8 Å². The molecule has 2 unspecified atom stereocenters. The second-order valence-corrected chi connectivity index (χ2v) is 5.64. The molecule has 0 spiro atoms. The number of carbonyl (C=O) groups excluding carboxylic acids is 1. The molecule has 0 saturated carbocycles. The molecule has 1 aromatic rings. The number of halogens is 1. The van der Waals surface area contributed by atoms with E-state index in [1.54, 1.807) is 4.90 Å². The molecular weight excluding hydrogens is 338 g/mol. The molecule has 0 bridgehead atoms. The summed E-state index contributed by atoms with van der Waals surface area (Å²) in [6.07, 6.45) is 0.796. The molecule has 1 fully saturated rings. The van der Waals surface area contributed by atoms with Crippen LogP contribution in [-0.2, 0) is 0 Å². The van der Waals surface area contributed by atoms with Gasteiger partial charge in [0.05, 0.1) is 25.2 Å². The summed E-state index contributed by atoms with van der Waals surface area (Å²) in [4.78, 5) is 25.0. The normalized spacial score (nSPS) is 17.8. The maximum Gasteiger partial charge on any atom is 0.286 e. The van der Waals surface area contributed by atoms with Crippen LogP contribution in [0.4, 0.5) is 5.69 Å². The minimum absolute atomic E-state index is 0. The Labute approximate surface area is 146 Å². The summed E-state index contributed by atoms with van der Waals surface area (Å²) in [7, 11) is 2.80. The van der Waals surface area contributed by atoms with Gasteiger partial charge in [0, 0.05) is 25.2 Å². The summed E-state index contributed by atoms with van der Waals surface area (Å²) in [6.45, 7) is 2.94. The van der Waals surface area contributed by atoms with Gasteiger partial charge in [0.2, 0.25) is 0 Å². The quantitative estimate of drug-likeness (QED) is 0.634. The Kier molecular flexibility index (Phi) is 6.80. The minimum Gasteiger partial charge on any atom is -0.493 e. The molecular formula is C15H22ClN3O5. The van der Waals surface area contributed by atoms with Crippen LogP contribution >= 0.6 is 12.4 Å². The van der Waals surface area contributed by atoms with Crippen molar-refractivity contribution in [1.29, 1.82) is 0 Å². The highest BCUT2D eigenvalue weighted by Crippen LogP contribution is 2.35. The number of amides is 1. The van der Waals surface area contributed by atoms with Crippen molar-refractivity contribution in [3.63, 3.8) is 0 Å². The van der Waals surface area contributed by atoms with Gasteiger partial charge in [-0.3, -0.25) is 14.9 Å². The van der Waals surface area contributed by atoms with Crippen LogP contribution in [-0.4, -0.2) is 49.1 Å². The molecule has 2 rings (SSSR count). The van der Waals surface area contributed by atoms with E-state index < -0.39 is 4.92 Å². The van der Waals surface area contributed by atoms with Gasteiger partial charge in [0.25, 0.3) is 11.6 Å². The van der Waals surface area contributed by atoms with E-state index in [0.29, 0.717) is 13.1 Å². The van der Waals surface area contributed by atoms with Gasteiger partial charge < -0.3 is 20.1 Å². The first kappa shape index (κ1) is 20.0. The van der Waals surface area contributed by atoms with E-state index in [-0.39, 0.29) is 53.0 Å². The third-order valence-corrected chi connectivity index (χ3v) is 4.18. The summed E-state index contributed by atoms with van der Waals surface area (Å²) in [6, 6.07) is 2.55. The lowest BCUT2D eigenvalue weighted by atomic mass is 10.0. The van der Waals surface area contributed by atoms with E-state index in [2.05, 4.69) is 0 Å². The number of hydrogen-bond donors (Lipinski definition) is 1. The largest absolute Gasteiger partial charge is 0.493 e. The summed E-state index contributed by atoms with van der Waals surface area (Å²) < 4.78 is 10.2. The second-order valence-electron chi connectivity index (χ2n) is 5.64. The van der Waals surface area contributed by atoms with E-state index >= 15 is 0 Å². The number of nitrogens with two attached hydrogens (primary N) is 1. The van der Waals surface area contributed by atoms with Crippen LogP contribution in [0.2, 0.25) is 0 Å². The van der Waals surface area contributed by atoms with Crippen LogP contribution in [0.25, 0.3) is 0 Å². The van der Waals surface area contributed by atoms with Crippen LogP contribution in [0.5, 0.6) is 11.5 Å². The zero-order valence-electron chi connectivity index (χ0n) is 13.9. The molecule has 2 atom stereocenters. The fourth-order valence-corrected chi connectivity index (χ4v) is 2.76. The summed E-state index contributed by atoms with van der Waals surface area (Å²) in [5.74, 6) is 0.314. The Balaban J connectivity index is 0.00000288. The van der Waals surface area contributed by atoms with Crippen molar-refractivity contribution in [1.82, 2.24) is 4.90 Å².